The van der Waals surface area contributed by atoms with E-state index in [0.717, 1.165) is 11.1 Å². The molecule has 0 aliphatic carbocycles. The second-order valence-corrected chi connectivity index (χ2v) is 7.68. The SMILES string of the molecule is COc1ccc(NC(=O)NN=Cc2ccc(-c3ncn(-c4ccc(OC(F)(F)F)cc4)n3)cc2)c(C)c1. The average molecular weight is 510 g/mol. The molecule has 190 valence electrons. The number of carbonyl (C=O) groups excluding carboxylic acids is 1. The molecule has 0 aliphatic rings. The van der Waals surface area contributed by atoms with Crippen LogP contribution in [0.1, 0.15) is 11.1 Å². The molecule has 0 bridgehead atoms. The van der Waals surface area contributed by atoms with Crippen molar-refractivity contribution < 1.29 is 27.4 Å². The van der Waals surface area contributed by atoms with Crippen molar-refractivity contribution in [2.45, 2.75) is 13.3 Å². The molecule has 37 heavy (non-hydrogen) atoms. The number of aromatic nitrogens is 3. The van der Waals surface area contributed by atoms with Crippen LogP contribution in [-0.2, 0) is 0 Å². The number of hydrogen-bond donors (Lipinski definition) is 2. The largest absolute Gasteiger partial charge is 0.573 e. The smallest absolute Gasteiger partial charge is 0.497 e. The summed E-state index contributed by atoms with van der Waals surface area (Å²) in [4.78, 5) is 16.4. The predicted octanol–water partition coefficient (Wildman–Crippen LogP) is 5.31. The fourth-order valence-electron chi connectivity index (χ4n) is 3.26. The van der Waals surface area contributed by atoms with Crippen molar-refractivity contribution in [1.82, 2.24) is 20.2 Å². The van der Waals surface area contributed by atoms with Crippen molar-refractivity contribution in [2.75, 3.05) is 12.4 Å². The van der Waals surface area contributed by atoms with Crippen molar-refractivity contribution in [1.29, 1.82) is 0 Å². The molecule has 0 aliphatic heterocycles. The average Bonchev–Trinajstić information content (AvgIpc) is 3.35. The molecule has 2 N–H and O–H groups in total. The molecule has 4 aromatic rings. The first-order valence-electron chi connectivity index (χ1n) is 10.8. The summed E-state index contributed by atoms with van der Waals surface area (Å²) in [7, 11) is 1.57. The molecule has 1 heterocycles. The van der Waals surface area contributed by atoms with Crippen LogP contribution in [0, 0.1) is 6.92 Å². The van der Waals surface area contributed by atoms with Gasteiger partial charge in [0, 0.05) is 11.3 Å². The van der Waals surface area contributed by atoms with Crippen LogP contribution >= 0.6 is 0 Å². The molecular formula is C25H21F3N6O3. The van der Waals surface area contributed by atoms with Gasteiger partial charge in [-0.1, -0.05) is 24.3 Å². The summed E-state index contributed by atoms with van der Waals surface area (Å²) in [6, 6.07) is 17.2. The summed E-state index contributed by atoms with van der Waals surface area (Å²) in [6.45, 7) is 1.85. The maximum Gasteiger partial charge on any atom is 0.573 e. The Hall–Kier alpha value is -4.87. The van der Waals surface area contributed by atoms with Crippen LogP contribution in [0.15, 0.2) is 78.2 Å². The van der Waals surface area contributed by atoms with Gasteiger partial charge >= 0.3 is 12.4 Å². The zero-order chi connectivity index (χ0) is 26.4. The van der Waals surface area contributed by atoms with E-state index in [4.69, 9.17) is 4.74 Å². The van der Waals surface area contributed by atoms with Gasteiger partial charge in [-0.15, -0.1) is 18.3 Å². The molecule has 0 spiro atoms. The van der Waals surface area contributed by atoms with Gasteiger partial charge in [0.1, 0.15) is 17.8 Å². The summed E-state index contributed by atoms with van der Waals surface area (Å²) in [6.07, 6.45) is -1.81. The van der Waals surface area contributed by atoms with E-state index in [2.05, 4.69) is 30.7 Å². The number of methoxy groups -OCH3 is 1. The van der Waals surface area contributed by atoms with Gasteiger partial charge in [0.15, 0.2) is 5.82 Å². The predicted molar refractivity (Wildman–Crippen MR) is 131 cm³/mol. The number of ether oxygens (including phenoxy) is 2. The number of nitrogens with zero attached hydrogens (tertiary/aromatic N) is 4. The number of rotatable bonds is 7. The standard InChI is InChI=1S/C25H21F3N6O3/c1-16-13-21(36-2)11-12-22(16)31-24(35)32-30-14-17-3-5-18(6-4-17)23-29-15-34(33-23)19-7-9-20(10-8-19)37-25(26,27)28/h3-15H,1-2H3,(H2,31,32,35). The van der Waals surface area contributed by atoms with Crippen LogP contribution in [0.25, 0.3) is 17.1 Å². The third-order valence-electron chi connectivity index (χ3n) is 5.06. The number of anilines is 1. The number of alkyl halides is 3. The number of nitrogens with one attached hydrogen (secondary N) is 2. The lowest BCUT2D eigenvalue weighted by Crippen LogP contribution is -2.24. The van der Waals surface area contributed by atoms with Gasteiger partial charge in [-0.05, 0) is 60.5 Å². The lowest BCUT2D eigenvalue weighted by Gasteiger charge is -2.09. The lowest BCUT2D eigenvalue weighted by atomic mass is 10.1. The zero-order valence-electron chi connectivity index (χ0n) is 19.7. The van der Waals surface area contributed by atoms with Crippen LogP contribution in [-0.4, -0.2) is 40.5 Å². The molecule has 0 saturated heterocycles. The van der Waals surface area contributed by atoms with E-state index >= 15 is 0 Å². The molecule has 4 rings (SSSR count). The number of urea groups is 1. The Morgan fingerprint density at radius 3 is 2.38 bits per heavy atom. The highest BCUT2D eigenvalue weighted by atomic mass is 19.4. The van der Waals surface area contributed by atoms with Gasteiger partial charge in [0.25, 0.3) is 0 Å². The highest BCUT2D eigenvalue weighted by Crippen LogP contribution is 2.24. The first kappa shape index (κ1) is 25.2. The Bertz CT molecular complexity index is 1400. The highest BCUT2D eigenvalue weighted by molar-refractivity contribution is 5.91. The van der Waals surface area contributed by atoms with Crippen molar-refractivity contribution in [3.8, 4) is 28.6 Å². The summed E-state index contributed by atoms with van der Waals surface area (Å²) in [5.41, 5.74) is 5.85. The number of aryl methyl sites for hydroxylation is 1. The number of halogens is 3. The van der Waals surface area contributed by atoms with E-state index in [1.165, 1.54) is 41.5 Å². The second-order valence-electron chi connectivity index (χ2n) is 7.68. The van der Waals surface area contributed by atoms with Gasteiger partial charge in [0.2, 0.25) is 0 Å². The molecule has 1 aromatic heterocycles. The van der Waals surface area contributed by atoms with Gasteiger partial charge in [0.05, 0.1) is 19.0 Å². The van der Waals surface area contributed by atoms with Crippen LogP contribution < -0.4 is 20.2 Å². The number of carbonyl (C=O) groups is 1. The van der Waals surface area contributed by atoms with Crippen LogP contribution in [0.2, 0.25) is 0 Å². The minimum atomic E-state index is -4.75. The maximum absolute atomic E-state index is 12.3. The maximum atomic E-state index is 12.3. The Morgan fingerprint density at radius 2 is 1.73 bits per heavy atom. The number of hydrazone groups is 1. The topological polar surface area (TPSA) is 103 Å². The van der Waals surface area contributed by atoms with Gasteiger partial charge in [-0.25, -0.2) is 19.9 Å². The van der Waals surface area contributed by atoms with E-state index < -0.39 is 12.4 Å². The van der Waals surface area contributed by atoms with Gasteiger partial charge in [-0.3, -0.25) is 0 Å². The molecular weight excluding hydrogens is 489 g/mol. The highest BCUT2D eigenvalue weighted by Gasteiger charge is 2.31. The molecule has 12 heteroatoms. The van der Waals surface area contributed by atoms with Crippen molar-refractivity contribution in [2.24, 2.45) is 5.10 Å². The van der Waals surface area contributed by atoms with Gasteiger partial charge in [-0.2, -0.15) is 5.10 Å². The third-order valence-corrected chi connectivity index (χ3v) is 5.06. The third kappa shape index (κ3) is 6.84. The van der Waals surface area contributed by atoms with Crippen LogP contribution in [0.4, 0.5) is 23.7 Å². The molecule has 0 atom stereocenters. The monoisotopic (exact) mass is 510 g/mol. The Morgan fingerprint density at radius 1 is 1.03 bits per heavy atom. The van der Waals surface area contributed by atoms with E-state index in [1.807, 2.05) is 13.0 Å². The molecule has 0 fully saturated rings. The quantitative estimate of drug-likeness (QED) is 0.259. The fourth-order valence-corrected chi connectivity index (χ4v) is 3.26. The molecule has 0 unspecified atom stereocenters. The fraction of sp³-hybridized carbons (Fsp3) is 0.120. The molecule has 0 radical (unpaired) electrons. The Kier molecular flexibility index (Phi) is 7.37. The van der Waals surface area contributed by atoms with E-state index in [-0.39, 0.29) is 5.75 Å². The zero-order valence-corrected chi connectivity index (χ0v) is 19.7. The minimum absolute atomic E-state index is 0.323. The number of amides is 2. The van der Waals surface area contributed by atoms with Crippen LogP contribution in [0.3, 0.4) is 0 Å². The van der Waals surface area contributed by atoms with E-state index in [9.17, 15) is 18.0 Å². The lowest BCUT2D eigenvalue weighted by molar-refractivity contribution is -0.274. The summed E-state index contributed by atoms with van der Waals surface area (Å²) < 4.78 is 47.4. The van der Waals surface area contributed by atoms with Crippen molar-refractivity contribution in [3.05, 3.63) is 84.2 Å². The number of benzene rings is 3. The molecule has 2 amide bonds. The summed E-state index contributed by atoms with van der Waals surface area (Å²) >= 11 is 0. The number of hydrogen-bond acceptors (Lipinski definition) is 6. The molecule has 0 saturated carbocycles. The first-order valence-corrected chi connectivity index (χ1v) is 10.8. The van der Waals surface area contributed by atoms with Crippen molar-refractivity contribution >= 4 is 17.9 Å². The Labute approximate surface area is 209 Å². The first-order chi connectivity index (χ1) is 17.7. The van der Waals surface area contributed by atoms with E-state index in [0.29, 0.717) is 28.5 Å². The molecule has 9 nitrogen and oxygen atoms in total. The second kappa shape index (κ2) is 10.8. The van der Waals surface area contributed by atoms with E-state index in [1.54, 1.807) is 43.5 Å². The summed E-state index contributed by atoms with van der Waals surface area (Å²) in [5, 5.41) is 11.0. The molecule has 3 aromatic carbocycles. The summed E-state index contributed by atoms with van der Waals surface area (Å²) in [5.74, 6) is 0.795. The van der Waals surface area contributed by atoms with Crippen molar-refractivity contribution in [3.63, 3.8) is 0 Å². The minimum Gasteiger partial charge on any atom is -0.497 e. The van der Waals surface area contributed by atoms with Crippen LogP contribution in [0.5, 0.6) is 11.5 Å². The Balaban J connectivity index is 1.34. The normalized spacial score (nSPS) is 11.4. The van der Waals surface area contributed by atoms with Gasteiger partial charge < -0.3 is 14.8 Å².